The summed E-state index contributed by atoms with van der Waals surface area (Å²) in [4.78, 5) is 0. The van der Waals surface area contributed by atoms with Crippen LogP contribution in [0.5, 0.6) is 0 Å². The number of hydrogen-bond donors (Lipinski definition) is 1. The van der Waals surface area contributed by atoms with Crippen molar-refractivity contribution < 1.29 is 4.74 Å². The normalized spacial score (nSPS) is 28.1. The van der Waals surface area contributed by atoms with Crippen molar-refractivity contribution in [2.75, 3.05) is 13.1 Å². The third-order valence-corrected chi connectivity index (χ3v) is 4.18. The molecule has 1 saturated heterocycles. The van der Waals surface area contributed by atoms with Crippen molar-refractivity contribution in [2.45, 2.75) is 38.9 Å². The molecule has 1 fully saturated rings. The topological polar surface area (TPSA) is 21.3 Å². The standard InChI is InChI=1S/C16H21NO.ClH/c1-11(2)7-12-5-4-6-13-14(12)9-18-16(3)10-17-8-15(13)16;/h4-7,15,17H,8-10H2,1-3H3;1H. The number of ether oxygens (including phenoxy) is 1. The molecule has 2 heterocycles. The molecule has 3 heteroatoms. The first kappa shape index (κ1) is 14.6. The van der Waals surface area contributed by atoms with E-state index in [0.29, 0.717) is 5.92 Å². The van der Waals surface area contributed by atoms with E-state index in [1.54, 1.807) is 0 Å². The van der Waals surface area contributed by atoms with Gasteiger partial charge in [0.1, 0.15) is 0 Å². The van der Waals surface area contributed by atoms with E-state index in [4.69, 9.17) is 4.74 Å². The Hall–Kier alpha value is -0.830. The molecular weight excluding hydrogens is 258 g/mol. The fourth-order valence-corrected chi connectivity index (χ4v) is 3.19. The summed E-state index contributed by atoms with van der Waals surface area (Å²) in [5, 5.41) is 3.47. The predicted molar refractivity (Wildman–Crippen MR) is 81.8 cm³/mol. The Morgan fingerprint density at radius 2 is 2.21 bits per heavy atom. The second-order valence-corrected chi connectivity index (χ2v) is 5.92. The third-order valence-electron chi connectivity index (χ3n) is 4.18. The van der Waals surface area contributed by atoms with Crippen LogP contribution in [-0.2, 0) is 11.3 Å². The molecule has 0 spiro atoms. The molecule has 1 aromatic carbocycles. The van der Waals surface area contributed by atoms with Crippen molar-refractivity contribution in [3.05, 3.63) is 40.5 Å². The molecule has 1 N–H and O–H groups in total. The van der Waals surface area contributed by atoms with E-state index < -0.39 is 0 Å². The van der Waals surface area contributed by atoms with E-state index in [-0.39, 0.29) is 18.0 Å². The summed E-state index contributed by atoms with van der Waals surface area (Å²) >= 11 is 0. The second-order valence-electron chi connectivity index (χ2n) is 5.92. The number of halogens is 1. The summed E-state index contributed by atoms with van der Waals surface area (Å²) in [6.45, 7) is 9.25. The van der Waals surface area contributed by atoms with Crippen molar-refractivity contribution >= 4 is 18.5 Å². The van der Waals surface area contributed by atoms with E-state index in [1.165, 1.54) is 22.3 Å². The summed E-state index contributed by atoms with van der Waals surface area (Å²) in [7, 11) is 0. The quantitative estimate of drug-likeness (QED) is 0.849. The van der Waals surface area contributed by atoms with Crippen molar-refractivity contribution in [3.63, 3.8) is 0 Å². The van der Waals surface area contributed by atoms with Crippen molar-refractivity contribution in [1.29, 1.82) is 0 Å². The number of fused-ring (bicyclic) bond motifs is 3. The fraction of sp³-hybridized carbons (Fsp3) is 0.500. The van der Waals surface area contributed by atoms with Gasteiger partial charge >= 0.3 is 0 Å². The lowest BCUT2D eigenvalue weighted by molar-refractivity contribution is -0.0518. The lowest BCUT2D eigenvalue weighted by Gasteiger charge is -2.37. The van der Waals surface area contributed by atoms with Crippen molar-refractivity contribution in [2.24, 2.45) is 0 Å². The predicted octanol–water partition coefficient (Wildman–Crippen LogP) is 3.51. The Labute approximate surface area is 121 Å². The van der Waals surface area contributed by atoms with Gasteiger partial charge in [0.15, 0.2) is 0 Å². The first-order chi connectivity index (χ1) is 8.60. The average molecular weight is 280 g/mol. The van der Waals surface area contributed by atoms with Crippen LogP contribution in [0.2, 0.25) is 0 Å². The molecule has 0 saturated carbocycles. The van der Waals surface area contributed by atoms with Crippen LogP contribution in [-0.4, -0.2) is 18.7 Å². The molecule has 0 aliphatic carbocycles. The highest BCUT2D eigenvalue weighted by atomic mass is 35.5. The van der Waals surface area contributed by atoms with Crippen molar-refractivity contribution in [1.82, 2.24) is 5.32 Å². The maximum absolute atomic E-state index is 6.15. The van der Waals surface area contributed by atoms with E-state index in [0.717, 1.165) is 19.7 Å². The molecule has 0 radical (unpaired) electrons. The van der Waals surface area contributed by atoms with Gasteiger partial charge in [-0.05, 0) is 37.5 Å². The maximum Gasteiger partial charge on any atom is 0.0863 e. The van der Waals surface area contributed by atoms with Gasteiger partial charge in [-0.3, -0.25) is 0 Å². The van der Waals surface area contributed by atoms with Gasteiger partial charge < -0.3 is 10.1 Å². The van der Waals surface area contributed by atoms with Gasteiger partial charge in [0.05, 0.1) is 12.2 Å². The fourth-order valence-electron chi connectivity index (χ4n) is 3.19. The molecule has 19 heavy (non-hydrogen) atoms. The SMILES string of the molecule is CC(C)=Cc1cccc2c1COC1(C)CNCC21.Cl. The lowest BCUT2D eigenvalue weighted by atomic mass is 9.80. The van der Waals surface area contributed by atoms with Gasteiger partial charge in [0.2, 0.25) is 0 Å². The van der Waals surface area contributed by atoms with E-state index in [1.807, 2.05) is 0 Å². The Kier molecular flexibility index (Phi) is 4.05. The van der Waals surface area contributed by atoms with Gasteiger partial charge in [-0.25, -0.2) is 0 Å². The molecule has 3 rings (SSSR count). The molecule has 2 nitrogen and oxygen atoms in total. The highest BCUT2D eigenvalue weighted by Gasteiger charge is 2.44. The van der Waals surface area contributed by atoms with Gasteiger partial charge in [0, 0.05) is 19.0 Å². The molecule has 2 aliphatic heterocycles. The summed E-state index contributed by atoms with van der Waals surface area (Å²) in [6.07, 6.45) is 2.26. The molecule has 0 aromatic heterocycles. The summed E-state index contributed by atoms with van der Waals surface area (Å²) in [5.41, 5.74) is 5.49. The van der Waals surface area contributed by atoms with Gasteiger partial charge in [-0.15, -0.1) is 12.4 Å². The van der Waals surface area contributed by atoms with Crippen LogP contribution < -0.4 is 5.32 Å². The monoisotopic (exact) mass is 279 g/mol. The van der Waals surface area contributed by atoms with Crippen LogP contribution in [0, 0.1) is 0 Å². The molecule has 0 amide bonds. The Balaban J connectivity index is 0.00000133. The summed E-state index contributed by atoms with van der Waals surface area (Å²) in [6, 6.07) is 6.65. The zero-order valence-electron chi connectivity index (χ0n) is 11.8. The van der Waals surface area contributed by atoms with E-state index in [9.17, 15) is 0 Å². The van der Waals surface area contributed by atoms with Crippen LogP contribution in [0.15, 0.2) is 23.8 Å². The van der Waals surface area contributed by atoms with Crippen LogP contribution in [0.4, 0.5) is 0 Å². The first-order valence-corrected chi connectivity index (χ1v) is 6.71. The van der Waals surface area contributed by atoms with E-state index in [2.05, 4.69) is 50.4 Å². The second kappa shape index (κ2) is 5.28. The summed E-state index contributed by atoms with van der Waals surface area (Å²) < 4.78 is 6.15. The molecule has 2 aliphatic rings. The number of benzene rings is 1. The van der Waals surface area contributed by atoms with Crippen LogP contribution in [0.3, 0.4) is 0 Å². The molecule has 2 atom stereocenters. The van der Waals surface area contributed by atoms with Gasteiger partial charge in [-0.1, -0.05) is 29.8 Å². The zero-order chi connectivity index (χ0) is 12.8. The third kappa shape index (κ3) is 2.45. The van der Waals surface area contributed by atoms with Crippen molar-refractivity contribution in [3.8, 4) is 0 Å². The lowest BCUT2D eigenvalue weighted by Crippen LogP contribution is -2.39. The highest BCUT2D eigenvalue weighted by molar-refractivity contribution is 5.85. The summed E-state index contributed by atoms with van der Waals surface area (Å²) in [5.74, 6) is 0.492. The minimum Gasteiger partial charge on any atom is -0.369 e. The highest BCUT2D eigenvalue weighted by Crippen LogP contribution is 2.42. The first-order valence-electron chi connectivity index (χ1n) is 6.71. The molecule has 104 valence electrons. The van der Waals surface area contributed by atoms with Crippen LogP contribution in [0.25, 0.3) is 6.08 Å². The van der Waals surface area contributed by atoms with E-state index >= 15 is 0 Å². The Bertz CT molecular complexity index is 507. The largest absolute Gasteiger partial charge is 0.369 e. The van der Waals surface area contributed by atoms with Crippen LogP contribution in [0.1, 0.15) is 43.4 Å². The van der Waals surface area contributed by atoms with Gasteiger partial charge in [-0.2, -0.15) is 0 Å². The molecule has 2 unspecified atom stereocenters. The molecule has 0 bridgehead atoms. The smallest absolute Gasteiger partial charge is 0.0863 e. The number of hydrogen-bond acceptors (Lipinski definition) is 2. The Morgan fingerprint density at radius 3 is 2.95 bits per heavy atom. The Morgan fingerprint density at radius 1 is 1.42 bits per heavy atom. The maximum atomic E-state index is 6.15. The minimum atomic E-state index is -0.0173. The zero-order valence-corrected chi connectivity index (χ0v) is 12.6. The number of nitrogens with one attached hydrogen (secondary N) is 1. The number of allylic oxidation sites excluding steroid dienone is 1. The molecule has 1 aromatic rings. The average Bonchev–Trinajstić information content (AvgIpc) is 2.70. The molecular formula is C16H22ClNO. The number of rotatable bonds is 1. The van der Waals surface area contributed by atoms with Crippen LogP contribution >= 0.6 is 12.4 Å². The van der Waals surface area contributed by atoms with Gasteiger partial charge in [0.25, 0.3) is 0 Å². The minimum absolute atomic E-state index is 0.